The molecule has 0 saturated heterocycles. The fourth-order valence-electron chi connectivity index (χ4n) is 2.41. The lowest BCUT2D eigenvalue weighted by Gasteiger charge is -2.19. The molecule has 1 unspecified atom stereocenters. The van der Waals surface area contributed by atoms with Crippen LogP contribution in [0, 0.1) is 0 Å². The van der Waals surface area contributed by atoms with Crippen molar-refractivity contribution in [2.75, 3.05) is 11.1 Å². The molecular weight excluding hydrogens is 340 g/mol. The van der Waals surface area contributed by atoms with Gasteiger partial charge in [0.05, 0.1) is 28.6 Å². The van der Waals surface area contributed by atoms with Gasteiger partial charge in [0.2, 0.25) is 5.28 Å². The highest BCUT2D eigenvalue weighted by Crippen LogP contribution is 2.33. The summed E-state index contributed by atoms with van der Waals surface area (Å²) in [4.78, 5) is 20.7. The maximum absolute atomic E-state index is 12.1. The van der Waals surface area contributed by atoms with E-state index in [0.29, 0.717) is 22.9 Å². The average Bonchev–Trinajstić information content (AvgIpc) is 2.98. The number of anilines is 1. The predicted octanol–water partition coefficient (Wildman–Crippen LogP) is 1.87. The van der Waals surface area contributed by atoms with E-state index in [9.17, 15) is 9.00 Å². The number of hydrogen-bond acceptors (Lipinski definition) is 6. The minimum Gasteiger partial charge on any atom is -0.444 e. The minimum absolute atomic E-state index is 0.0233. The molecule has 3 atom stereocenters. The molecule has 0 spiro atoms. The van der Waals surface area contributed by atoms with Crippen LogP contribution in [0.4, 0.5) is 10.6 Å². The van der Waals surface area contributed by atoms with E-state index in [1.54, 1.807) is 0 Å². The van der Waals surface area contributed by atoms with Gasteiger partial charge < -0.3 is 15.4 Å². The van der Waals surface area contributed by atoms with Crippen LogP contribution in [0.5, 0.6) is 0 Å². The molecule has 2 N–H and O–H groups in total. The Morgan fingerprint density at radius 3 is 2.78 bits per heavy atom. The highest BCUT2D eigenvalue weighted by atomic mass is 35.5. The number of fused-ring (bicyclic) bond motifs is 1. The lowest BCUT2D eigenvalue weighted by molar-refractivity contribution is 0.0523. The lowest BCUT2D eigenvalue weighted by Crippen LogP contribution is -2.35. The summed E-state index contributed by atoms with van der Waals surface area (Å²) in [7, 11) is -1.10. The number of hydrogen-bond donors (Lipinski definition) is 2. The number of aryl methyl sites for hydroxylation is 1. The van der Waals surface area contributed by atoms with E-state index in [0.717, 1.165) is 12.1 Å². The molecule has 2 aliphatic rings. The molecule has 1 amide bonds. The van der Waals surface area contributed by atoms with E-state index in [2.05, 4.69) is 20.6 Å². The largest absolute Gasteiger partial charge is 0.444 e. The highest BCUT2D eigenvalue weighted by molar-refractivity contribution is 7.85. The summed E-state index contributed by atoms with van der Waals surface area (Å²) < 4.78 is 17.3. The first-order valence-electron chi connectivity index (χ1n) is 7.44. The van der Waals surface area contributed by atoms with Crippen LogP contribution in [0.2, 0.25) is 5.28 Å². The molecule has 23 heavy (non-hydrogen) atoms. The Morgan fingerprint density at radius 2 is 2.09 bits per heavy atom. The summed E-state index contributed by atoms with van der Waals surface area (Å²) in [5.74, 6) is 1.05. The van der Waals surface area contributed by atoms with Crippen molar-refractivity contribution in [2.45, 2.75) is 56.2 Å². The van der Waals surface area contributed by atoms with Crippen LogP contribution < -0.4 is 10.6 Å². The molecule has 3 rings (SSSR count). The summed E-state index contributed by atoms with van der Waals surface area (Å²) in [6.07, 6.45) is 0.951. The van der Waals surface area contributed by atoms with Gasteiger partial charge in [0.25, 0.3) is 0 Å². The molecule has 1 saturated carbocycles. The van der Waals surface area contributed by atoms with Crippen molar-refractivity contribution in [3.05, 3.63) is 11.0 Å². The van der Waals surface area contributed by atoms with Gasteiger partial charge in [-0.15, -0.1) is 0 Å². The molecule has 1 aromatic heterocycles. The third-order valence-electron chi connectivity index (χ3n) is 3.48. The van der Waals surface area contributed by atoms with Crippen molar-refractivity contribution in [2.24, 2.45) is 0 Å². The van der Waals surface area contributed by atoms with E-state index < -0.39 is 22.5 Å². The second-order valence-electron chi connectivity index (χ2n) is 6.66. The van der Waals surface area contributed by atoms with E-state index in [1.165, 1.54) is 0 Å². The standard InChI is InChI=1S/C14H19ClN4O3S/c1-14(2,3)22-13(20)18-9-6-8(9)16-11-10-7(4-5-23(10)21)17-12(15)19-11/h8-9H,4-6H2,1-3H3,(H,18,20)(H,16,17,19)/t8-,9-,23?/m0/s1. The molecule has 0 aromatic carbocycles. The Bertz CT molecular complexity index is 677. The number of nitrogens with zero attached hydrogens (tertiary/aromatic N) is 2. The monoisotopic (exact) mass is 358 g/mol. The summed E-state index contributed by atoms with van der Waals surface area (Å²) in [5, 5.41) is 6.15. The minimum atomic E-state index is -1.10. The molecule has 1 aliphatic heterocycles. The molecular formula is C14H19ClN4O3S. The van der Waals surface area contributed by atoms with Crippen LogP contribution in [-0.4, -0.2) is 43.7 Å². The Kier molecular flexibility index (Phi) is 4.22. The highest BCUT2D eigenvalue weighted by Gasteiger charge is 2.41. The molecule has 7 nitrogen and oxygen atoms in total. The van der Waals surface area contributed by atoms with Crippen molar-refractivity contribution in [1.29, 1.82) is 0 Å². The Balaban J connectivity index is 1.62. The van der Waals surface area contributed by atoms with E-state index in [1.807, 2.05) is 20.8 Å². The van der Waals surface area contributed by atoms with Crippen molar-refractivity contribution in [1.82, 2.24) is 15.3 Å². The van der Waals surface area contributed by atoms with Gasteiger partial charge in [-0.3, -0.25) is 4.21 Å². The number of carbonyl (C=O) groups excluding carboxylic acids is 1. The molecule has 9 heteroatoms. The first kappa shape index (κ1) is 16.4. The van der Waals surface area contributed by atoms with Gasteiger partial charge in [-0.2, -0.15) is 4.98 Å². The summed E-state index contributed by atoms with van der Waals surface area (Å²) in [5.41, 5.74) is 0.211. The van der Waals surface area contributed by atoms with Gasteiger partial charge in [-0.25, -0.2) is 9.78 Å². The smallest absolute Gasteiger partial charge is 0.407 e. The number of alkyl carbamates (subject to hydrolysis) is 1. The van der Waals surface area contributed by atoms with E-state index in [4.69, 9.17) is 16.3 Å². The van der Waals surface area contributed by atoms with Crippen molar-refractivity contribution in [3.63, 3.8) is 0 Å². The van der Waals surface area contributed by atoms with Crippen LogP contribution in [0.25, 0.3) is 0 Å². The lowest BCUT2D eigenvalue weighted by atomic mass is 10.2. The Morgan fingerprint density at radius 1 is 1.35 bits per heavy atom. The number of amides is 1. The summed E-state index contributed by atoms with van der Waals surface area (Å²) in [6.45, 7) is 5.45. The predicted molar refractivity (Wildman–Crippen MR) is 87.2 cm³/mol. The van der Waals surface area contributed by atoms with Crippen LogP contribution in [-0.2, 0) is 22.0 Å². The second-order valence-corrected chi connectivity index (χ2v) is 8.50. The zero-order chi connectivity index (χ0) is 16.8. The first-order valence-corrected chi connectivity index (χ1v) is 9.13. The third kappa shape index (κ3) is 3.92. The number of nitrogens with one attached hydrogen (secondary N) is 2. The van der Waals surface area contributed by atoms with Crippen LogP contribution >= 0.6 is 11.6 Å². The molecule has 1 fully saturated rings. The molecule has 126 valence electrons. The normalized spacial score (nSPS) is 25.7. The molecule has 0 bridgehead atoms. The van der Waals surface area contributed by atoms with Gasteiger partial charge in [-0.1, -0.05) is 0 Å². The van der Waals surface area contributed by atoms with Crippen molar-refractivity contribution >= 4 is 34.3 Å². The SMILES string of the molecule is CC(C)(C)OC(=O)N[C@H]1C[C@@H]1Nc1nc(Cl)nc2c1S(=O)CC2. The summed E-state index contributed by atoms with van der Waals surface area (Å²) in [6, 6.07) is -0.0146. The van der Waals surface area contributed by atoms with Crippen molar-refractivity contribution in [3.8, 4) is 0 Å². The number of carbonyl (C=O) groups is 1. The third-order valence-corrected chi connectivity index (χ3v) is 5.10. The van der Waals surface area contributed by atoms with Crippen LogP contribution in [0.3, 0.4) is 0 Å². The zero-order valence-corrected chi connectivity index (χ0v) is 14.8. The number of aromatic nitrogens is 2. The maximum atomic E-state index is 12.1. The van der Waals surface area contributed by atoms with E-state index in [-0.39, 0.29) is 17.4 Å². The maximum Gasteiger partial charge on any atom is 0.407 e. The van der Waals surface area contributed by atoms with Crippen molar-refractivity contribution < 1.29 is 13.7 Å². The van der Waals surface area contributed by atoms with Crippen LogP contribution in [0.1, 0.15) is 32.9 Å². The fourth-order valence-corrected chi connectivity index (χ4v) is 3.91. The van der Waals surface area contributed by atoms with Gasteiger partial charge in [0.1, 0.15) is 16.3 Å². The molecule has 0 radical (unpaired) electrons. The van der Waals surface area contributed by atoms with Gasteiger partial charge in [0, 0.05) is 12.2 Å². The van der Waals surface area contributed by atoms with Gasteiger partial charge in [0.15, 0.2) is 0 Å². The number of ether oxygens (including phenoxy) is 1. The quantitative estimate of drug-likeness (QED) is 0.801. The first-order chi connectivity index (χ1) is 10.7. The summed E-state index contributed by atoms with van der Waals surface area (Å²) >= 11 is 5.92. The average molecular weight is 359 g/mol. The Labute approximate surface area is 142 Å². The fraction of sp³-hybridized carbons (Fsp3) is 0.643. The van der Waals surface area contributed by atoms with Gasteiger partial charge >= 0.3 is 6.09 Å². The van der Waals surface area contributed by atoms with E-state index >= 15 is 0 Å². The molecule has 1 aromatic rings. The Hall–Kier alpha value is -1.41. The van der Waals surface area contributed by atoms with Gasteiger partial charge in [-0.05, 0) is 38.8 Å². The zero-order valence-electron chi connectivity index (χ0n) is 13.2. The second kappa shape index (κ2) is 5.90. The topological polar surface area (TPSA) is 93.2 Å². The molecule has 2 heterocycles. The number of rotatable bonds is 3. The van der Waals surface area contributed by atoms with Crippen LogP contribution in [0.15, 0.2) is 4.90 Å². The number of halogens is 1. The molecule has 1 aliphatic carbocycles.